The van der Waals surface area contributed by atoms with Gasteiger partial charge in [-0.15, -0.1) is 0 Å². The number of hydrogen-bond donors (Lipinski definition) is 4. The summed E-state index contributed by atoms with van der Waals surface area (Å²) in [7, 11) is 0. The number of rotatable bonds is 8. The van der Waals surface area contributed by atoms with Crippen LogP contribution in [-0.4, -0.2) is 71.2 Å². The first kappa shape index (κ1) is 22.6. The van der Waals surface area contributed by atoms with Crippen molar-refractivity contribution in [2.45, 2.75) is 43.8 Å². The number of carboxylic acid groups (broad SMARTS) is 1. The Morgan fingerprint density at radius 1 is 1.38 bits per heavy atom. The minimum Gasteiger partial charge on any atom is -0.481 e. The molecule has 2 rings (SSSR count). The first-order valence-electron chi connectivity index (χ1n) is 9.10. The summed E-state index contributed by atoms with van der Waals surface area (Å²) in [6, 6.07) is -2.26. The Hall–Kier alpha value is -2.72. The first-order chi connectivity index (χ1) is 13.7. The van der Waals surface area contributed by atoms with Crippen LogP contribution in [0.15, 0.2) is 22.8 Å². The molecule has 1 aliphatic heterocycles. The van der Waals surface area contributed by atoms with Crippen LogP contribution in [0.2, 0.25) is 0 Å². The molecule has 0 bridgehead atoms. The molecule has 1 heterocycles. The number of likely N-dealkylation sites (tertiary alicyclic amines) is 1. The molecule has 3 atom stereocenters. The van der Waals surface area contributed by atoms with Gasteiger partial charge in [0.25, 0.3) is 5.91 Å². The van der Waals surface area contributed by atoms with E-state index in [9.17, 15) is 24.0 Å². The van der Waals surface area contributed by atoms with Crippen LogP contribution in [0.3, 0.4) is 0 Å². The van der Waals surface area contributed by atoms with Gasteiger partial charge >= 0.3 is 5.97 Å². The van der Waals surface area contributed by atoms with E-state index in [2.05, 4.69) is 10.6 Å². The van der Waals surface area contributed by atoms with Crippen LogP contribution in [-0.2, 0) is 24.0 Å². The number of aliphatic carboxylic acids is 1. The molecule has 0 saturated carbocycles. The standard InChI is InChI=1S/C18H23ClN4O6/c19-13-6-10(20)3-4-12(13)17(28)21-8-15(25)23-5-1-2-14(23)18(29)22-11(9-24)7-16(26)27/h3-4,9-11,14H,1-2,5-8,20H2,(H,21,28)(H,22,29)(H,26,27)/t10?,11-,14-/m0/s1. The van der Waals surface area contributed by atoms with Crippen molar-refractivity contribution in [3.8, 4) is 0 Å². The largest absolute Gasteiger partial charge is 0.481 e. The molecule has 0 radical (unpaired) electrons. The molecular formula is C18H23ClN4O6. The normalized spacial score (nSPS) is 22.2. The number of nitrogens with zero attached hydrogens (tertiary/aromatic N) is 1. The predicted octanol–water partition coefficient (Wildman–Crippen LogP) is -0.968. The maximum atomic E-state index is 12.5. The molecule has 5 N–H and O–H groups in total. The lowest BCUT2D eigenvalue weighted by Crippen LogP contribution is -2.51. The third kappa shape index (κ3) is 6.13. The molecule has 2 aliphatic rings. The average molecular weight is 427 g/mol. The number of carbonyl (C=O) groups excluding carboxylic acids is 4. The molecule has 0 spiro atoms. The number of hydrogen-bond acceptors (Lipinski definition) is 6. The van der Waals surface area contributed by atoms with Crippen LogP contribution in [0.5, 0.6) is 0 Å². The molecular weight excluding hydrogens is 404 g/mol. The van der Waals surface area contributed by atoms with Crippen molar-refractivity contribution in [1.29, 1.82) is 0 Å². The van der Waals surface area contributed by atoms with Gasteiger partial charge in [0.1, 0.15) is 12.3 Å². The van der Waals surface area contributed by atoms with E-state index in [1.165, 1.54) is 11.0 Å². The molecule has 1 aliphatic carbocycles. The summed E-state index contributed by atoms with van der Waals surface area (Å²) in [5, 5.41) is 13.9. The summed E-state index contributed by atoms with van der Waals surface area (Å²) in [6.07, 6.45) is 4.22. The Labute approximate surface area is 172 Å². The maximum Gasteiger partial charge on any atom is 0.305 e. The lowest BCUT2D eigenvalue weighted by molar-refractivity contribution is -0.141. The van der Waals surface area contributed by atoms with Crippen LogP contribution in [0.25, 0.3) is 0 Å². The Bertz CT molecular complexity index is 765. The van der Waals surface area contributed by atoms with Gasteiger partial charge < -0.3 is 31.2 Å². The number of nitrogens with one attached hydrogen (secondary N) is 2. The maximum absolute atomic E-state index is 12.5. The van der Waals surface area contributed by atoms with Crippen molar-refractivity contribution in [3.05, 3.63) is 22.8 Å². The summed E-state index contributed by atoms with van der Waals surface area (Å²) in [5.41, 5.74) is 5.95. The highest BCUT2D eigenvalue weighted by Crippen LogP contribution is 2.22. The quantitative estimate of drug-likeness (QED) is 0.363. The highest BCUT2D eigenvalue weighted by molar-refractivity contribution is 6.32. The molecule has 0 aromatic carbocycles. The van der Waals surface area contributed by atoms with Crippen molar-refractivity contribution >= 4 is 41.6 Å². The topological polar surface area (TPSA) is 159 Å². The average Bonchev–Trinajstić information content (AvgIpc) is 3.15. The highest BCUT2D eigenvalue weighted by Gasteiger charge is 2.35. The Morgan fingerprint density at radius 2 is 2.10 bits per heavy atom. The third-order valence-electron chi connectivity index (χ3n) is 4.62. The number of carboxylic acids is 1. The molecule has 1 fully saturated rings. The lowest BCUT2D eigenvalue weighted by atomic mass is 10.0. The van der Waals surface area contributed by atoms with E-state index in [1.54, 1.807) is 6.08 Å². The van der Waals surface area contributed by atoms with E-state index in [0.717, 1.165) is 0 Å². The zero-order valence-electron chi connectivity index (χ0n) is 15.6. The van der Waals surface area contributed by atoms with Crippen molar-refractivity contribution in [2.75, 3.05) is 13.1 Å². The van der Waals surface area contributed by atoms with Crippen LogP contribution in [0.1, 0.15) is 25.7 Å². The second-order valence-corrected chi connectivity index (χ2v) is 7.28. The number of aldehydes is 1. The van der Waals surface area contributed by atoms with Gasteiger partial charge in [0.15, 0.2) is 0 Å². The Balaban J connectivity index is 1.92. The molecule has 11 heteroatoms. The van der Waals surface area contributed by atoms with Gasteiger partial charge in [0.05, 0.1) is 24.6 Å². The fraction of sp³-hybridized carbons (Fsp3) is 0.500. The van der Waals surface area contributed by atoms with E-state index in [-0.39, 0.29) is 18.2 Å². The number of carbonyl (C=O) groups is 5. The third-order valence-corrected chi connectivity index (χ3v) is 4.98. The van der Waals surface area contributed by atoms with Crippen molar-refractivity contribution in [3.63, 3.8) is 0 Å². The number of halogens is 1. The summed E-state index contributed by atoms with van der Waals surface area (Å²) in [5.74, 6) is -2.81. The van der Waals surface area contributed by atoms with Crippen LogP contribution >= 0.6 is 11.6 Å². The van der Waals surface area contributed by atoms with Gasteiger partial charge in [-0.1, -0.05) is 23.8 Å². The van der Waals surface area contributed by atoms with Gasteiger partial charge in [-0.25, -0.2) is 0 Å². The Morgan fingerprint density at radius 3 is 2.72 bits per heavy atom. The second kappa shape index (κ2) is 10.2. The second-order valence-electron chi connectivity index (χ2n) is 6.82. The van der Waals surface area contributed by atoms with Crippen molar-refractivity contribution < 1.29 is 29.1 Å². The van der Waals surface area contributed by atoms with Crippen LogP contribution in [0, 0.1) is 0 Å². The zero-order chi connectivity index (χ0) is 21.6. The van der Waals surface area contributed by atoms with E-state index in [4.69, 9.17) is 22.4 Å². The van der Waals surface area contributed by atoms with Crippen LogP contribution < -0.4 is 16.4 Å². The van der Waals surface area contributed by atoms with Gasteiger partial charge in [0.2, 0.25) is 11.8 Å². The monoisotopic (exact) mass is 426 g/mol. The van der Waals surface area contributed by atoms with Crippen LogP contribution in [0.4, 0.5) is 0 Å². The summed E-state index contributed by atoms with van der Waals surface area (Å²) in [6.45, 7) is -0.0158. The molecule has 158 valence electrons. The molecule has 10 nitrogen and oxygen atoms in total. The van der Waals surface area contributed by atoms with Gasteiger partial charge in [-0.05, 0) is 12.8 Å². The first-order valence-corrected chi connectivity index (χ1v) is 9.48. The lowest BCUT2D eigenvalue weighted by Gasteiger charge is -2.25. The molecule has 1 unspecified atom stereocenters. The summed E-state index contributed by atoms with van der Waals surface area (Å²) in [4.78, 5) is 60.1. The van der Waals surface area contributed by atoms with Gasteiger partial charge in [-0.3, -0.25) is 19.2 Å². The van der Waals surface area contributed by atoms with Crippen molar-refractivity contribution in [2.24, 2.45) is 5.73 Å². The van der Waals surface area contributed by atoms with E-state index >= 15 is 0 Å². The molecule has 3 amide bonds. The van der Waals surface area contributed by atoms with E-state index in [1.807, 2.05) is 0 Å². The molecule has 0 aromatic heterocycles. The zero-order valence-corrected chi connectivity index (χ0v) is 16.4. The van der Waals surface area contributed by atoms with E-state index < -0.39 is 42.2 Å². The fourth-order valence-corrected chi connectivity index (χ4v) is 3.51. The number of nitrogens with two attached hydrogens (primary N) is 1. The molecule has 1 saturated heterocycles. The number of amides is 3. The summed E-state index contributed by atoms with van der Waals surface area (Å²) < 4.78 is 0. The smallest absolute Gasteiger partial charge is 0.305 e. The summed E-state index contributed by atoms with van der Waals surface area (Å²) >= 11 is 6.05. The molecule has 0 aromatic rings. The van der Waals surface area contributed by atoms with E-state index in [0.29, 0.717) is 37.1 Å². The minimum atomic E-state index is -1.23. The Kier molecular flexibility index (Phi) is 7.91. The van der Waals surface area contributed by atoms with Gasteiger partial charge in [-0.2, -0.15) is 0 Å². The fourth-order valence-electron chi connectivity index (χ4n) is 3.18. The molecule has 29 heavy (non-hydrogen) atoms. The minimum absolute atomic E-state index is 0.236. The SMILES string of the molecule is NC1C=CC(C(=O)NCC(=O)N2CCC[C@H]2C(=O)N[C@H](C=O)CC(=O)O)=C(Cl)C1. The highest BCUT2D eigenvalue weighted by atomic mass is 35.5. The van der Waals surface area contributed by atoms with Crippen molar-refractivity contribution in [1.82, 2.24) is 15.5 Å². The van der Waals surface area contributed by atoms with Gasteiger partial charge in [0, 0.05) is 24.0 Å². The predicted molar refractivity (Wildman–Crippen MR) is 103 cm³/mol.